The van der Waals surface area contributed by atoms with E-state index in [4.69, 9.17) is 20.3 Å². The van der Waals surface area contributed by atoms with Crippen molar-refractivity contribution in [2.45, 2.75) is 50.3 Å². The molecule has 3 aromatic rings. The standard InChI is InChI=1S/C26H34F2N8O3/c1-34(2)17-6-8-35(9-7-17)10-11-36-24-21(23(29)30-15-31-24)22(33-36)16-4-5-19(20(12-16)38-3)32-25(37)39-18-13-26(27,28)14-18/h4-5,12,15,17-18H,6-11,13-14H2,1-3H3,(H,32,37)(H2,29,30,31). The molecule has 2 fully saturated rings. The van der Waals surface area contributed by atoms with E-state index in [1.165, 1.54) is 13.4 Å². The molecule has 0 bridgehead atoms. The first kappa shape index (κ1) is 27.0. The number of ether oxygens (including phenoxy) is 2. The lowest BCUT2D eigenvalue weighted by Gasteiger charge is -2.35. The summed E-state index contributed by atoms with van der Waals surface area (Å²) in [7, 11) is 5.73. The van der Waals surface area contributed by atoms with Gasteiger partial charge in [-0.2, -0.15) is 5.10 Å². The maximum atomic E-state index is 13.1. The van der Waals surface area contributed by atoms with E-state index >= 15 is 0 Å². The molecule has 39 heavy (non-hydrogen) atoms. The fraction of sp³-hybridized carbons (Fsp3) is 0.538. The first-order chi connectivity index (χ1) is 18.6. The second kappa shape index (κ2) is 10.9. The summed E-state index contributed by atoms with van der Waals surface area (Å²) >= 11 is 0. The summed E-state index contributed by atoms with van der Waals surface area (Å²) in [6.07, 6.45) is 1.14. The highest BCUT2D eigenvalue weighted by atomic mass is 19.3. The summed E-state index contributed by atoms with van der Waals surface area (Å²) in [5.74, 6) is -2.11. The van der Waals surface area contributed by atoms with Crippen LogP contribution in [0.3, 0.4) is 0 Å². The normalized spacial score (nSPS) is 18.3. The average Bonchev–Trinajstić information content (AvgIpc) is 3.26. The van der Waals surface area contributed by atoms with E-state index < -0.39 is 31.0 Å². The fourth-order valence-corrected chi connectivity index (χ4v) is 5.21. The van der Waals surface area contributed by atoms with Crippen LogP contribution in [0.1, 0.15) is 25.7 Å². The van der Waals surface area contributed by atoms with Crippen LogP contribution < -0.4 is 15.8 Å². The maximum absolute atomic E-state index is 13.1. The van der Waals surface area contributed by atoms with Crippen LogP contribution in [0.25, 0.3) is 22.3 Å². The number of methoxy groups -OCH3 is 1. The van der Waals surface area contributed by atoms with E-state index in [-0.39, 0.29) is 0 Å². The number of piperidine rings is 1. The van der Waals surface area contributed by atoms with E-state index in [0.717, 1.165) is 32.5 Å². The molecule has 5 rings (SSSR count). The number of nitrogens with zero attached hydrogens (tertiary/aromatic N) is 6. The summed E-state index contributed by atoms with van der Waals surface area (Å²) < 4.78 is 38.5. The Morgan fingerprint density at radius 3 is 2.62 bits per heavy atom. The number of nitrogens with two attached hydrogens (primary N) is 1. The van der Waals surface area contributed by atoms with E-state index in [1.807, 2.05) is 4.68 Å². The number of hydrogen-bond donors (Lipinski definition) is 2. The molecule has 3 heterocycles. The highest BCUT2D eigenvalue weighted by molar-refractivity contribution is 5.99. The van der Waals surface area contributed by atoms with Crippen LogP contribution >= 0.6 is 0 Å². The van der Waals surface area contributed by atoms with Gasteiger partial charge in [0, 0.05) is 31.0 Å². The molecule has 0 unspecified atom stereocenters. The van der Waals surface area contributed by atoms with Crippen molar-refractivity contribution < 1.29 is 23.0 Å². The largest absolute Gasteiger partial charge is 0.495 e. The number of anilines is 2. The van der Waals surface area contributed by atoms with Crippen LogP contribution in [0, 0.1) is 0 Å². The molecule has 210 valence electrons. The Hall–Kier alpha value is -3.58. The minimum atomic E-state index is -2.77. The van der Waals surface area contributed by atoms with E-state index in [9.17, 15) is 13.6 Å². The Balaban J connectivity index is 1.33. The van der Waals surface area contributed by atoms with E-state index in [1.54, 1.807) is 18.2 Å². The van der Waals surface area contributed by atoms with Gasteiger partial charge in [-0.25, -0.2) is 28.2 Å². The number of likely N-dealkylation sites (tertiary alicyclic amines) is 1. The summed E-state index contributed by atoms with van der Waals surface area (Å²) in [4.78, 5) is 25.6. The van der Waals surface area contributed by atoms with Crippen molar-refractivity contribution in [3.8, 4) is 17.0 Å². The van der Waals surface area contributed by atoms with Crippen LogP contribution in [0.4, 0.5) is 25.1 Å². The second-order valence-electron chi connectivity index (χ2n) is 10.4. The summed E-state index contributed by atoms with van der Waals surface area (Å²) in [6, 6.07) is 5.74. The zero-order valence-corrected chi connectivity index (χ0v) is 22.4. The molecule has 1 saturated heterocycles. The SMILES string of the molecule is COc1cc(-c2nn(CCN3CCC(N(C)C)CC3)c3ncnc(N)c23)ccc1NC(=O)OC1CC(F)(F)C1. The predicted octanol–water partition coefficient (Wildman–Crippen LogP) is 3.46. The molecule has 2 aliphatic rings. The van der Waals surface area contributed by atoms with Crippen LogP contribution in [0.2, 0.25) is 0 Å². The molecule has 0 radical (unpaired) electrons. The number of nitrogens with one attached hydrogen (secondary N) is 1. The number of hydrogen-bond acceptors (Lipinski definition) is 9. The van der Waals surface area contributed by atoms with Gasteiger partial charge in [0.05, 0.1) is 24.7 Å². The van der Waals surface area contributed by atoms with Gasteiger partial charge in [0.25, 0.3) is 5.92 Å². The first-order valence-corrected chi connectivity index (χ1v) is 13.0. The molecule has 11 nitrogen and oxygen atoms in total. The van der Waals surface area contributed by atoms with Gasteiger partial charge in [-0.3, -0.25) is 5.32 Å². The highest BCUT2D eigenvalue weighted by Crippen LogP contribution is 2.40. The van der Waals surface area contributed by atoms with Gasteiger partial charge in [0.1, 0.15) is 29.7 Å². The Morgan fingerprint density at radius 2 is 1.95 bits per heavy atom. The number of carbonyl (C=O) groups excluding carboxylic acids is 1. The number of aromatic nitrogens is 4. The van der Waals surface area contributed by atoms with Crippen molar-refractivity contribution in [3.63, 3.8) is 0 Å². The number of benzene rings is 1. The first-order valence-electron chi connectivity index (χ1n) is 13.0. The molecule has 0 spiro atoms. The smallest absolute Gasteiger partial charge is 0.412 e. The molecule has 13 heteroatoms. The lowest BCUT2D eigenvalue weighted by molar-refractivity contribution is -0.142. The minimum absolute atomic E-state index is 0.315. The average molecular weight is 545 g/mol. The quantitative estimate of drug-likeness (QED) is 0.439. The van der Waals surface area contributed by atoms with Gasteiger partial charge < -0.3 is 25.0 Å². The molecule has 1 aromatic carbocycles. The number of fused-ring (bicyclic) bond motifs is 1. The molecular formula is C26H34F2N8O3. The van der Waals surface area contributed by atoms with Crippen molar-refractivity contribution in [1.29, 1.82) is 0 Å². The highest BCUT2D eigenvalue weighted by Gasteiger charge is 2.47. The fourth-order valence-electron chi connectivity index (χ4n) is 5.21. The third-order valence-corrected chi connectivity index (χ3v) is 7.51. The minimum Gasteiger partial charge on any atom is -0.495 e. The molecule has 1 aliphatic heterocycles. The Morgan fingerprint density at radius 1 is 1.21 bits per heavy atom. The molecule has 1 amide bonds. The van der Waals surface area contributed by atoms with Gasteiger partial charge in [0.15, 0.2) is 5.65 Å². The zero-order chi connectivity index (χ0) is 27.7. The van der Waals surface area contributed by atoms with Crippen LogP contribution in [-0.4, -0.2) is 94.5 Å². The number of rotatable bonds is 8. The topological polar surface area (TPSA) is 124 Å². The van der Waals surface area contributed by atoms with Crippen molar-refractivity contribution in [2.24, 2.45) is 0 Å². The summed E-state index contributed by atoms with van der Waals surface area (Å²) in [5, 5.41) is 8.05. The number of halogens is 2. The maximum Gasteiger partial charge on any atom is 0.412 e. The Bertz CT molecular complexity index is 1330. The van der Waals surface area contributed by atoms with Crippen LogP contribution in [0.15, 0.2) is 24.5 Å². The van der Waals surface area contributed by atoms with Gasteiger partial charge >= 0.3 is 6.09 Å². The van der Waals surface area contributed by atoms with Crippen molar-refractivity contribution in [2.75, 3.05) is 51.9 Å². The van der Waals surface area contributed by atoms with Crippen molar-refractivity contribution in [3.05, 3.63) is 24.5 Å². The van der Waals surface area contributed by atoms with Crippen LogP contribution in [-0.2, 0) is 11.3 Å². The summed E-state index contributed by atoms with van der Waals surface area (Å²) in [5.41, 5.74) is 8.54. The molecule has 1 aliphatic carbocycles. The van der Waals surface area contributed by atoms with E-state index in [2.05, 4.69) is 39.2 Å². The number of alkyl halides is 2. The van der Waals surface area contributed by atoms with Crippen LogP contribution in [0.5, 0.6) is 5.75 Å². The van der Waals surface area contributed by atoms with Crippen molar-refractivity contribution in [1.82, 2.24) is 29.5 Å². The molecule has 1 saturated carbocycles. The number of amides is 1. The van der Waals surface area contributed by atoms with Gasteiger partial charge in [-0.05, 0) is 52.2 Å². The zero-order valence-electron chi connectivity index (χ0n) is 22.4. The monoisotopic (exact) mass is 544 g/mol. The molecule has 3 N–H and O–H groups in total. The van der Waals surface area contributed by atoms with Gasteiger partial charge in [0.2, 0.25) is 0 Å². The molecule has 2 aromatic heterocycles. The van der Waals surface area contributed by atoms with Gasteiger partial charge in [-0.15, -0.1) is 0 Å². The summed E-state index contributed by atoms with van der Waals surface area (Å²) in [6.45, 7) is 3.54. The number of carbonyl (C=O) groups is 1. The Kier molecular flexibility index (Phi) is 7.54. The predicted molar refractivity (Wildman–Crippen MR) is 143 cm³/mol. The Labute approximate surface area is 225 Å². The number of nitrogen functional groups attached to an aromatic ring is 1. The lowest BCUT2D eigenvalue weighted by atomic mass is 9.91. The second-order valence-corrected chi connectivity index (χ2v) is 10.4. The molecular weight excluding hydrogens is 510 g/mol. The third-order valence-electron chi connectivity index (χ3n) is 7.51. The lowest BCUT2D eigenvalue weighted by Crippen LogP contribution is -2.43. The molecule has 0 atom stereocenters. The van der Waals surface area contributed by atoms with Crippen molar-refractivity contribution >= 4 is 28.6 Å². The van der Waals surface area contributed by atoms with E-state index in [0.29, 0.717) is 52.1 Å². The third kappa shape index (κ3) is 5.88. The van der Waals surface area contributed by atoms with Gasteiger partial charge in [-0.1, -0.05) is 6.07 Å².